The summed E-state index contributed by atoms with van der Waals surface area (Å²) < 4.78 is 13.7. The molecule has 136 valence electrons. The topological polar surface area (TPSA) is 36.3 Å². The Kier molecular flexibility index (Phi) is 6.80. The molecule has 0 radical (unpaired) electrons. The van der Waals surface area contributed by atoms with E-state index in [0.717, 1.165) is 11.3 Å². The van der Waals surface area contributed by atoms with Gasteiger partial charge in [0.2, 0.25) is 0 Å². The van der Waals surface area contributed by atoms with Crippen LogP contribution in [-0.4, -0.2) is 22.8 Å². The molecule has 1 heterocycles. The fourth-order valence-corrected chi connectivity index (χ4v) is 3.13. The molecule has 0 aliphatic heterocycles. The van der Waals surface area contributed by atoms with Gasteiger partial charge in [0.05, 0.1) is 19.5 Å². The molecule has 7 heteroatoms. The summed E-state index contributed by atoms with van der Waals surface area (Å²) in [6, 6.07) is 12.6. The summed E-state index contributed by atoms with van der Waals surface area (Å²) in [6.07, 6.45) is 5.10. The molecule has 2 aromatic carbocycles. The summed E-state index contributed by atoms with van der Waals surface area (Å²) in [5, 5.41) is 1.83. The molecule has 0 N–H and O–H groups in total. The van der Waals surface area contributed by atoms with Crippen molar-refractivity contribution in [2.24, 2.45) is 0 Å². The summed E-state index contributed by atoms with van der Waals surface area (Å²) in [5.74, 6) is 0.744. The van der Waals surface area contributed by atoms with Crippen molar-refractivity contribution in [2.75, 3.05) is 13.2 Å². The maximum atomic E-state index is 6.35. The Bertz CT molecular complexity index is 823. The second-order valence-electron chi connectivity index (χ2n) is 5.59. The van der Waals surface area contributed by atoms with E-state index in [9.17, 15) is 0 Å². The maximum Gasteiger partial charge on any atom is 0.119 e. The number of nitrogens with zero attached hydrogens (tertiary/aromatic N) is 2. The molecular formula is C19H17Cl3N2O2. The zero-order valence-electron chi connectivity index (χ0n) is 13.8. The highest BCUT2D eigenvalue weighted by Crippen LogP contribution is 2.29. The fourth-order valence-electron chi connectivity index (χ4n) is 2.47. The maximum absolute atomic E-state index is 6.35. The van der Waals surface area contributed by atoms with E-state index in [0.29, 0.717) is 34.8 Å². The predicted molar refractivity (Wildman–Crippen MR) is 104 cm³/mol. The van der Waals surface area contributed by atoms with E-state index < -0.39 is 0 Å². The number of halogens is 3. The Morgan fingerprint density at radius 3 is 2.42 bits per heavy atom. The molecule has 0 saturated carbocycles. The predicted octanol–water partition coefficient (Wildman–Crippen LogP) is 5.68. The number of hydrogen-bond donors (Lipinski definition) is 0. The third-order valence-electron chi connectivity index (χ3n) is 3.73. The number of imidazole rings is 1. The van der Waals surface area contributed by atoms with Crippen molar-refractivity contribution in [1.82, 2.24) is 9.55 Å². The van der Waals surface area contributed by atoms with Gasteiger partial charge in [-0.1, -0.05) is 40.9 Å². The van der Waals surface area contributed by atoms with Crippen LogP contribution < -0.4 is 4.74 Å². The van der Waals surface area contributed by atoms with E-state index in [-0.39, 0.29) is 6.10 Å². The van der Waals surface area contributed by atoms with Gasteiger partial charge in [0, 0.05) is 33.0 Å². The molecule has 4 nitrogen and oxygen atoms in total. The van der Waals surface area contributed by atoms with Crippen LogP contribution in [0.15, 0.2) is 61.2 Å². The minimum atomic E-state index is -0.247. The van der Waals surface area contributed by atoms with Gasteiger partial charge < -0.3 is 14.0 Å². The summed E-state index contributed by atoms with van der Waals surface area (Å²) >= 11 is 18.2. The molecule has 1 aromatic heterocycles. The molecule has 0 fully saturated rings. The minimum absolute atomic E-state index is 0.247. The smallest absolute Gasteiger partial charge is 0.119 e. The van der Waals surface area contributed by atoms with Crippen molar-refractivity contribution in [3.8, 4) is 5.75 Å². The van der Waals surface area contributed by atoms with Gasteiger partial charge in [-0.05, 0) is 36.4 Å². The van der Waals surface area contributed by atoms with Crippen LogP contribution in [0.5, 0.6) is 5.75 Å². The first-order valence-corrected chi connectivity index (χ1v) is 9.16. The van der Waals surface area contributed by atoms with Crippen LogP contribution in [0.1, 0.15) is 11.7 Å². The average molecular weight is 412 g/mol. The molecule has 0 amide bonds. The number of ether oxygens (including phenoxy) is 2. The van der Waals surface area contributed by atoms with Crippen LogP contribution in [0.4, 0.5) is 0 Å². The lowest BCUT2D eigenvalue weighted by Gasteiger charge is -2.20. The molecule has 0 spiro atoms. The monoisotopic (exact) mass is 410 g/mol. The highest BCUT2D eigenvalue weighted by atomic mass is 35.5. The van der Waals surface area contributed by atoms with E-state index in [1.165, 1.54) is 0 Å². The van der Waals surface area contributed by atoms with Crippen molar-refractivity contribution >= 4 is 34.8 Å². The lowest BCUT2D eigenvalue weighted by molar-refractivity contribution is 0.0227. The number of benzene rings is 2. The minimum Gasteiger partial charge on any atom is -0.491 e. The number of aromatic nitrogens is 2. The van der Waals surface area contributed by atoms with Crippen molar-refractivity contribution in [2.45, 2.75) is 12.6 Å². The average Bonchev–Trinajstić information content (AvgIpc) is 3.12. The van der Waals surface area contributed by atoms with E-state index in [4.69, 9.17) is 44.3 Å². The summed E-state index contributed by atoms with van der Waals surface area (Å²) in [4.78, 5) is 4.07. The van der Waals surface area contributed by atoms with Crippen LogP contribution in [0.25, 0.3) is 0 Å². The zero-order valence-corrected chi connectivity index (χ0v) is 16.1. The van der Waals surface area contributed by atoms with Gasteiger partial charge in [-0.15, -0.1) is 0 Å². The van der Waals surface area contributed by atoms with E-state index >= 15 is 0 Å². The first kappa shape index (κ1) is 19.1. The Morgan fingerprint density at radius 1 is 0.962 bits per heavy atom. The van der Waals surface area contributed by atoms with E-state index in [2.05, 4.69) is 4.98 Å². The molecule has 1 unspecified atom stereocenters. The number of hydrogen-bond acceptors (Lipinski definition) is 3. The first-order chi connectivity index (χ1) is 12.6. The second-order valence-corrected chi connectivity index (χ2v) is 6.87. The second kappa shape index (κ2) is 9.28. The third-order valence-corrected chi connectivity index (χ3v) is 4.54. The Balaban J connectivity index is 1.62. The van der Waals surface area contributed by atoms with Crippen molar-refractivity contribution in [3.63, 3.8) is 0 Å². The van der Waals surface area contributed by atoms with Crippen LogP contribution in [-0.2, 0) is 11.3 Å². The van der Waals surface area contributed by atoms with E-state index in [1.54, 1.807) is 36.8 Å². The van der Waals surface area contributed by atoms with Crippen LogP contribution >= 0.6 is 34.8 Å². The van der Waals surface area contributed by atoms with Gasteiger partial charge in [0.1, 0.15) is 18.5 Å². The standard InChI is InChI=1S/C19H17Cl3N2O2/c20-14-1-4-16(5-2-14)25-9-10-26-19(12-24-8-7-23-13-24)17-6-3-15(21)11-18(17)22/h1-8,11,13,19H,9-10,12H2. The Morgan fingerprint density at radius 2 is 1.73 bits per heavy atom. The fraction of sp³-hybridized carbons (Fsp3) is 0.211. The van der Waals surface area contributed by atoms with Gasteiger partial charge in [0.25, 0.3) is 0 Å². The molecule has 1 atom stereocenters. The van der Waals surface area contributed by atoms with Gasteiger partial charge in [-0.3, -0.25) is 0 Å². The first-order valence-electron chi connectivity index (χ1n) is 8.02. The van der Waals surface area contributed by atoms with Crippen molar-refractivity contribution in [3.05, 3.63) is 81.8 Å². The Hall–Kier alpha value is -1.72. The Labute approximate surface area is 167 Å². The van der Waals surface area contributed by atoms with Crippen LogP contribution in [0.2, 0.25) is 15.1 Å². The number of rotatable bonds is 8. The molecule has 3 aromatic rings. The van der Waals surface area contributed by atoms with Gasteiger partial charge in [0.15, 0.2) is 0 Å². The molecule has 0 aliphatic carbocycles. The summed E-state index contributed by atoms with van der Waals surface area (Å²) in [7, 11) is 0. The highest BCUT2D eigenvalue weighted by molar-refractivity contribution is 6.35. The molecule has 0 bridgehead atoms. The molecule has 26 heavy (non-hydrogen) atoms. The van der Waals surface area contributed by atoms with Crippen LogP contribution in [0, 0.1) is 0 Å². The summed E-state index contributed by atoms with van der Waals surface area (Å²) in [6.45, 7) is 1.40. The van der Waals surface area contributed by atoms with Crippen molar-refractivity contribution in [1.29, 1.82) is 0 Å². The molecular weight excluding hydrogens is 395 g/mol. The van der Waals surface area contributed by atoms with Crippen LogP contribution in [0.3, 0.4) is 0 Å². The zero-order chi connectivity index (χ0) is 18.4. The third kappa shape index (κ3) is 5.39. The highest BCUT2D eigenvalue weighted by Gasteiger charge is 2.16. The SMILES string of the molecule is Clc1ccc(OCCOC(Cn2ccnc2)c2ccc(Cl)cc2Cl)cc1. The van der Waals surface area contributed by atoms with Gasteiger partial charge in [-0.2, -0.15) is 0 Å². The largest absolute Gasteiger partial charge is 0.491 e. The molecule has 0 aliphatic rings. The lowest BCUT2D eigenvalue weighted by atomic mass is 10.1. The molecule has 3 rings (SSSR count). The van der Waals surface area contributed by atoms with Gasteiger partial charge >= 0.3 is 0 Å². The quantitative estimate of drug-likeness (QED) is 0.447. The normalized spacial score (nSPS) is 12.1. The lowest BCUT2D eigenvalue weighted by Crippen LogP contribution is -2.16. The summed E-state index contributed by atoms with van der Waals surface area (Å²) in [5.41, 5.74) is 0.872. The van der Waals surface area contributed by atoms with Gasteiger partial charge in [-0.25, -0.2) is 4.98 Å². The van der Waals surface area contributed by atoms with Crippen molar-refractivity contribution < 1.29 is 9.47 Å². The molecule has 0 saturated heterocycles. The van der Waals surface area contributed by atoms with E-state index in [1.807, 2.05) is 29.0 Å².